The summed E-state index contributed by atoms with van der Waals surface area (Å²) in [5, 5.41) is 1.99. The Kier molecular flexibility index (Phi) is 4.76. The molecule has 0 aliphatic carbocycles. The van der Waals surface area contributed by atoms with E-state index in [0.29, 0.717) is 0 Å². The molecule has 6 heteroatoms. The summed E-state index contributed by atoms with van der Waals surface area (Å²) in [7, 11) is 0. The van der Waals surface area contributed by atoms with Crippen molar-refractivity contribution in [1.82, 2.24) is 5.32 Å². The fourth-order valence-electron chi connectivity index (χ4n) is 0.684. The Labute approximate surface area is 81.8 Å². The minimum Gasteiger partial charge on any atom is -0.444 e. The topological polar surface area (TPSA) is 64.3 Å². The Balaban J connectivity index is 4.04. The van der Waals surface area contributed by atoms with Crippen molar-refractivity contribution >= 4 is 6.09 Å². The van der Waals surface area contributed by atoms with Gasteiger partial charge in [-0.15, -0.1) is 0 Å². The molecule has 0 aliphatic rings. The summed E-state index contributed by atoms with van der Waals surface area (Å²) < 4.78 is 29.1. The zero-order valence-electron chi connectivity index (χ0n) is 8.51. The molecule has 14 heavy (non-hydrogen) atoms. The first-order chi connectivity index (χ1) is 6.26. The number of carbonyl (C=O) groups is 1. The molecule has 84 valence electrons. The van der Waals surface area contributed by atoms with Crippen LogP contribution in [-0.4, -0.2) is 30.7 Å². The number of rotatable bonds is 3. The van der Waals surface area contributed by atoms with Crippen LogP contribution in [0.4, 0.5) is 13.6 Å². The molecule has 0 fully saturated rings. The largest absolute Gasteiger partial charge is 0.444 e. The van der Waals surface area contributed by atoms with E-state index < -0.39 is 24.2 Å². The molecule has 0 aromatic carbocycles. The number of nitrogens with two attached hydrogens (primary N) is 1. The first-order valence-electron chi connectivity index (χ1n) is 4.24. The van der Waals surface area contributed by atoms with Crippen LogP contribution < -0.4 is 11.1 Å². The number of alkyl carbamates (subject to hydrolysis) is 1. The van der Waals surface area contributed by atoms with Crippen LogP contribution in [-0.2, 0) is 4.74 Å². The number of alkyl halides is 2. The zero-order chi connectivity index (χ0) is 11.4. The van der Waals surface area contributed by atoms with Gasteiger partial charge in [-0.25, -0.2) is 13.6 Å². The molecule has 1 amide bonds. The number of carbonyl (C=O) groups excluding carboxylic acids is 1. The molecule has 3 N–H and O–H groups in total. The molecule has 0 radical (unpaired) electrons. The smallest absolute Gasteiger partial charge is 0.408 e. The van der Waals surface area contributed by atoms with Crippen LogP contribution in [0.3, 0.4) is 0 Å². The number of hydrogen-bond donors (Lipinski definition) is 2. The maximum Gasteiger partial charge on any atom is 0.408 e. The summed E-state index contributed by atoms with van der Waals surface area (Å²) in [6.07, 6.45) is -3.57. The molecule has 4 nitrogen and oxygen atoms in total. The maximum absolute atomic E-state index is 12.1. The average Bonchev–Trinajstić information content (AvgIpc) is 1.96. The van der Waals surface area contributed by atoms with E-state index in [-0.39, 0.29) is 6.54 Å². The van der Waals surface area contributed by atoms with Gasteiger partial charge in [0.05, 0.1) is 0 Å². The van der Waals surface area contributed by atoms with Gasteiger partial charge in [0.25, 0.3) is 6.43 Å². The zero-order valence-corrected chi connectivity index (χ0v) is 8.51. The van der Waals surface area contributed by atoms with E-state index in [1.54, 1.807) is 20.8 Å². The minimum atomic E-state index is -2.69. The summed E-state index contributed by atoms with van der Waals surface area (Å²) in [6, 6.07) is -1.36. The van der Waals surface area contributed by atoms with Crippen LogP contribution in [0, 0.1) is 0 Å². The van der Waals surface area contributed by atoms with Crippen molar-refractivity contribution < 1.29 is 18.3 Å². The Morgan fingerprint density at radius 2 is 2.00 bits per heavy atom. The van der Waals surface area contributed by atoms with E-state index in [1.807, 2.05) is 5.32 Å². The van der Waals surface area contributed by atoms with Crippen molar-refractivity contribution in [2.24, 2.45) is 5.73 Å². The third-order valence-corrected chi connectivity index (χ3v) is 1.26. The van der Waals surface area contributed by atoms with E-state index in [4.69, 9.17) is 10.5 Å². The minimum absolute atomic E-state index is 0.323. The monoisotopic (exact) mass is 210 g/mol. The first-order valence-corrected chi connectivity index (χ1v) is 4.24. The first kappa shape index (κ1) is 13.1. The molecule has 0 bridgehead atoms. The summed E-state index contributed by atoms with van der Waals surface area (Å²) in [5.74, 6) is 0. The van der Waals surface area contributed by atoms with Gasteiger partial charge in [-0.2, -0.15) is 0 Å². The summed E-state index contributed by atoms with van der Waals surface area (Å²) in [5.41, 5.74) is 4.33. The van der Waals surface area contributed by atoms with Crippen molar-refractivity contribution in [3.63, 3.8) is 0 Å². The molecule has 0 heterocycles. The van der Waals surface area contributed by atoms with Gasteiger partial charge in [0.1, 0.15) is 11.6 Å². The van der Waals surface area contributed by atoms with Gasteiger partial charge in [-0.3, -0.25) is 0 Å². The van der Waals surface area contributed by atoms with E-state index in [0.717, 1.165) is 0 Å². The average molecular weight is 210 g/mol. The Morgan fingerprint density at radius 3 is 2.29 bits per heavy atom. The van der Waals surface area contributed by atoms with Gasteiger partial charge in [0.2, 0.25) is 0 Å². The number of nitrogens with one attached hydrogen (secondary N) is 1. The number of amides is 1. The molecular weight excluding hydrogens is 194 g/mol. The molecule has 0 spiro atoms. The maximum atomic E-state index is 12.1. The van der Waals surface area contributed by atoms with Crippen LogP contribution >= 0.6 is 0 Å². The third kappa shape index (κ3) is 5.69. The van der Waals surface area contributed by atoms with Crippen LogP contribution in [0.15, 0.2) is 0 Å². The number of hydrogen-bond acceptors (Lipinski definition) is 3. The Morgan fingerprint density at radius 1 is 1.50 bits per heavy atom. The van der Waals surface area contributed by atoms with Gasteiger partial charge >= 0.3 is 6.09 Å². The lowest BCUT2D eigenvalue weighted by Gasteiger charge is -2.22. The van der Waals surface area contributed by atoms with E-state index in [1.165, 1.54) is 0 Å². The van der Waals surface area contributed by atoms with Gasteiger partial charge in [-0.05, 0) is 20.8 Å². The SMILES string of the molecule is CC(C)(C)OC(=O)NC(CN)C(F)F. The fourth-order valence-corrected chi connectivity index (χ4v) is 0.684. The van der Waals surface area contributed by atoms with Gasteiger partial charge < -0.3 is 15.8 Å². The fraction of sp³-hybridized carbons (Fsp3) is 0.875. The van der Waals surface area contributed by atoms with Gasteiger partial charge in [0.15, 0.2) is 0 Å². The van der Waals surface area contributed by atoms with Crippen molar-refractivity contribution in [2.45, 2.75) is 38.8 Å². The van der Waals surface area contributed by atoms with Crippen molar-refractivity contribution in [1.29, 1.82) is 0 Å². The Hall–Kier alpha value is -0.910. The molecule has 0 rings (SSSR count). The second kappa shape index (κ2) is 5.09. The van der Waals surface area contributed by atoms with Crippen LogP contribution in [0.1, 0.15) is 20.8 Å². The highest BCUT2D eigenvalue weighted by Gasteiger charge is 2.24. The molecular formula is C8H16F2N2O2. The van der Waals surface area contributed by atoms with E-state index in [2.05, 4.69) is 0 Å². The molecule has 0 saturated heterocycles. The highest BCUT2D eigenvalue weighted by atomic mass is 19.3. The highest BCUT2D eigenvalue weighted by Crippen LogP contribution is 2.07. The predicted molar refractivity (Wildman–Crippen MR) is 48.2 cm³/mol. The third-order valence-electron chi connectivity index (χ3n) is 1.26. The van der Waals surface area contributed by atoms with Crippen molar-refractivity contribution in [2.75, 3.05) is 6.54 Å². The molecule has 1 unspecified atom stereocenters. The lowest BCUT2D eigenvalue weighted by molar-refractivity contribution is 0.0385. The molecule has 0 aliphatic heterocycles. The lowest BCUT2D eigenvalue weighted by atomic mass is 10.2. The molecule has 0 aromatic heterocycles. The second-order valence-electron chi connectivity index (χ2n) is 3.82. The van der Waals surface area contributed by atoms with Crippen LogP contribution in [0.5, 0.6) is 0 Å². The van der Waals surface area contributed by atoms with Crippen LogP contribution in [0.2, 0.25) is 0 Å². The van der Waals surface area contributed by atoms with Gasteiger partial charge in [0, 0.05) is 6.54 Å². The quantitative estimate of drug-likeness (QED) is 0.733. The number of halogens is 2. The van der Waals surface area contributed by atoms with Gasteiger partial charge in [-0.1, -0.05) is 0 Å². The number of ether oxygens (including phenoxy) is 1. The standard InChI is InChI=1S/C8H16F2N2O2/c1-8(2,3)14-7(13)12-5(4-11)6(9)10/h5-6H,4,11H2,1-3H3,(H,12,13). The van der Waals surface area contributed by atoms with E-state index >= 15 is 0 Å². The normalized spacial score (nSPS) is 13.9. The molecule has 0 saturated carbocycles. The summed E-state index contributed by atoms with van der Waals surface area (Å²) in [6.45, 7) is 4.61. The second-order valence-corrected chi connectivity index (χ2v) is 3.82. The summed E-state index contributed by atoms with van der Waals surface area (Å²) >= 11 is 0. The molecule has 0 aromatic rings. The lowest BCUT2D eigenvalue weighted by Crippen LogP contribution is -2.46. The summed E-state index contributed by atoms with van der Waals surface area (Å²) in [4.78, 5) is 11.0. The van der Waals surface area contributed by atoms with Crippen molar-refractivity contribution in [3.05, 3.63) is 0 Å². The van der Waals surface area contributed by atoms with Crippen LogP contribution in [0.25, 0.3) is 0 Å². The molecule has 1 atom stereocenters. The predicted octanol–water partition coefficient (Wildman–Crippen LogP) is 1.10. The van der Waals surface area contributed by atoms with E-state index in [9.17, 15) is 13.6 Å². The highest BCUT2D eigenvalue weighted by molar-refractivity contribution is 5.68. The Bertz CT molecular complexity index is 192. The van der Waals surface area contributed by atoms with Crippen molar-refractivity contribution in [3.8, 4) is 0 Å².